The quantitative estimate of drug-likeness (QED) is 0.0330. The third kappa shape index (κ3) is 6.80. The monoisotopic (exact) mass is 802 g/mol. The maximum atomic E-state index is 14.4. The lowest BCUT2D eigenvalue weighted by Crippen LogP contribution is -2.66. The van der Waals surface area contributed by atoms with Gasteiger partial charge in [0.2, 0.25) is 0 Å². The van der Waals surface area contributed by atoms with Crippen LogP contribution in [0.5, 0.6) is 5.75 Å². The number of benzene rings is 2. The number of rotatable bonds is 17. The predicted molar refractivity (Wildman–Crippen MR) is 200 cm³/mol. The number of hydrogen-bond acceptors (Lipinski definition) is 9. The van der Waals surface area contributed by atoms with Crippen molar-refractivity contribution in [1.29, 1.82) is 0 Å². The molecule has 1 spiro atoms. The molecule has 0 aliphatic heterocycles. The van der Waals surface area contributed by atoms with Crippen molar-refractivity contribution in [3.05, 3.63) is 113 Å². The van der Waals surface area contributed by atoms with Gasteiger partial charge in [-0.25, -0.2) is 0 Å². The van der Waals surface area contributed by atoms with E-state index in [0.717, 1.165) is 17.5 Å². The summed E-state index contributed by atoms with van der Waals surface area (Å²) >= 11 is 0. The van der Waals surface area contributed by atoms with Gasteiger partial charge in [-0.3, -0.25) is 0 Å². The Hall–Kier alpha value is -3.40. The van der Waals surface area contributed by atoms with Crippen LogP contribution in [0.25, 0.3) is 0 Å². The van der Waals surface area contributed by atoms with E-state index in [1.54, 1.807) is 6.07 Å². The van der Waals surface area contributed by atoms with E-state index in [9.17, 15) is 21.6 Å². The smallest absolute Gasteiger partial charge is 0.493 e. The Morgan fingerprint density at radius 3 is 2.22 bits per heavy atom. The standard InChI is InChI=1S/C41H49F3O9SSi/c1-27-39(33-19-30(33)24-48-22-28-13-9-7-10-14-28)21-35(51-26-49-23-29-15-11-8-12-16-29)40(27)37(52-54(45,46)41(42,43)44)32(17-18-38(39,40)2)36(53-55(4,5)6)34-20-31(47-3)25-50-34/h7-16,20,25,30,33,35-36H,1,17-19,21-24,26H2,2-6H3/t30-,33+,35-,36+,38-,39+,40+/m0/s1. The van der Waals surface area contributed by atoms with Gasteiger partial charge in [-0.05, 0) is 73.7 Å². The zero-order chi connectivity index (χ0) is 39.4. The van der Waals surface area contributed by atoms with Crippen LogP contribution in [0.2, 0.25) is 19.6 Å². The second-order valence-electron chi connectivity index (χ2n) is 16.3. The fourth-order valence-corrected chi connectivity index (χ4v) is 11.4. The van der Waals surface area contributed by atoms with Crippen LogP contribution in [-0.2, 0) is 46.2 Å². The normalized spacial score (nSPS) is 29.5. The van der Waals surface area contributed by atoms with Crippen LogP contribution in [0.3, 0.4) is 0 Å². The SMILES string of the molecule is C=C1[C@@]23C(OS(=O)(=O)C(F)(F)F)=C([C@@H](O[Si](C)(C)C)c4cc(OC)co4)CC[C@@]2(C)[C@]1([C@@H]1C[C@H]1COCc1ccccc1)C[C@@H]3OCOCc1ccccc1. The fourth-order valence-electron chi connectivity index (χ4n) is 9.89. The van der Waals surface area contributed by atoms with Crippen molar-refractivity contribution in [3.63, 3.8) is 0 Å². The first kappa shape index (κ1) is 39.8. The molecule has 5 aliphatic rings. The molecule has 1 aromatic heterocycles. The summed E-state index contributed by atoms with van der Waals surface area (Å²) < 4.78 is 112. The van der Waals surface area contributed by atoms with Crippen molar-refractivity contribution in [1.82, 2.24) is 0 Å². The lowest BCUT2D eigenvalue weighted by atomic mass is 9.34. The summed E-state index contributed by atoms with van der Waals surface area (Å²) in [6.07, 6.45) is 1.40. The number of halogens is 3. The first-order chi connectivity index (χ1) is 26.0. The number of fused-ring (bicyclic) bond motifs is 1. The Balaban J connectivity index is 1.30. The van der Waals surface area contributed by atoms with Gasteiger partial charge in [-0.15, -0.1) is 0 Å². The molecule has 298 valence electrons. The van der Waals surface area contributed by atoms with Gasteiger partial charge in [0.1, 0.15) is 30.7 Å². The van der Waals surface area contributed by atoms with Crippen LogP contribution in [-0.4, -0.2) is 48.9 Å². The maximum absolute atomic E-state index is 14.4. The Bertz CT molecular complexity index is 2010. The summed E-state index contributed by atoms with van der Waals surface area (Å²) in [6.45, 7) is 13.5. The second kappa shape index (κ2) is 14.5. The molecule has 4 saturated carbocycles. The van der Waals surface area contributed by atoms with Crippen LogP contribution >= 0.6 is 0 Å². The average molecular weight is 803 g/mol. The van der Waals surface area contributed by atoms with Gasteiger partial charge in [0.05, 0.1) is 38.4 Å². The Labute approximate surface area is 322 Å². The highest BCUT2D eigenvalue weighted by Gasteiger charge is 2.88. The van der Waals surface area contributed by atoms with Crippen molar-refractivity contribution in [2.24, 2.45) is 28.1 Å². The van der Waals surface area contributed by atoms with Crippen molar-refractivity contribution in [2.45, 2.75) is 83.2 Å². The minimum atomic E-state index is -6.15. The van der Waals surface area contributed by atoms with Gasteiger partial charge in [0, 0.05) is 17.1 Å². The summed E-state index contributed by atoms with van der Waals surface area (Å²) in [4.78, 5) is 0. The molecule has 0 radical (unpaired) electrons. The van der Waals surface area contributed by atoms with E-state index in [2.05, 4.69) is 6.58 Å². The molecule has 4 fully saturated rings. The molecule has 7 atom stereocenters. The summed E-state index contributed by atoms with van der Waals surface area (Å²) in [7, 11) is -7.18. The third-order valence-electron chi connectivity index (χ3n) is 12.2. The van der Waals surface area contributed by atoms with E-state index in [4.69, 9.17) is 32.0 Å². The minimum absolute atomic E-state index is 0.0955. The Kier molecular flexibility index (Phi) is 10.5. The molecular formula is C41H49F3O9SSi. The molecule has 8 rings (SSSR count). The van der Waals surface area contributed by atoms with E-state index in [1.165, 1.54) is 13.4 Å². The number of alkyl halides is 3. The second-order valence-corrected chi connectivity index (χ2v) is 22.3. The molecule has 14 heteroatoms. The molecule has 3 aromatic rings. The highest BCUT2D eigenvalue weighted by atomic mass is 32.2. The molecule has 55 heavy (non-hydrogen) atoms. The van der Waals surface area contributed by atoms with Gasteiger partial charge in [0.25, 0.3) is 0 Å². The zero-order valence-electron chi connectivity index (χ0n) is 31.8. The van der Waals surface area contributed by atoms with Crippen molar-refractivity contribution < 1.29 is 53.6 Å². The number of furan rings is 1. The van der Waals surface area contributed by atoms with Crippen LogP contribution in [0.4, 0.5) is 13.2 Å². The number of methoxy groups -OCH3 is 1. The largest absolute Gasteiger partial charge is 0.534 e. The Morgan fingerprint density at radius 2 is 1.64 bits per heavy atom. The highest BCUT2D eigenvalue weighted by molar-refractivity contribution is 7.87. The molecule has 1 heterocycles. The zero-order valence-corrected chi connectivity index (χ0v) is 33.6. The lowest BCUT2D eigenvalue weighted by molar-refractivity contribution is -0.160. The lowest BCUT2D eigenvalue weighted by Gasteiger charge is -2.68. The molecule has 5 aliphatic carbocycles. The fraction of sp³-hybridized carbons (Fsp3) is 0.512. The summed E-state index contributed by atoms with van der Waals surface area (Å²) in [5.74, 6) is 0.563. The van der Waals surface area contributed by atoms with Gasteiger partial charge < -0.3 is 32.0 Å². The van der Waals surface area contributed by atoms with E-state index in [-0.39, 0.29) is 48.7 Å². The third-order valence-corrected chi connectivity index (χ3v) is 14.1. The van der Waals surface area contributed by atoms with E-state index >= 15 is 0 Å². The van der Waals surface area contributed by atoms with Crippen molar-refractivity contribution in [3.8, 4) is 5.75 Å². The molecule has 0 N–H and O–H groups in total. The van der Waals surface area contributed by atoms with Crippen LogP contribution in [0.1, 0.15) is 55.6 Å². The number of ether oxygens (including phenoxy) is 4. The van der Waals surface area contributed by atoms with E-state index in [0.29, 0.717) is 37.4 Å². The van der Waals surface area contributed by atoms with Gasteiger partial charge in [0.15, 0.2) is 14.1 Å². The van der Waals surface area contributed by atoms with Crippen LogP contribution < -0.4 is 4.74 Å². The first-order valence-electron chi connectivity index (χ1n) is 18.6. The average Bonchev–Trinajstić information content (AvgIpc) is 3.52. The highest BCUT2D eigenvalue weighted by Crippen LogP contribution is 2.90. The van der Waals surface area contributed by atoms with Gasteiger partial charge >= 0.3 is 15.6 Å². The summed E-state index contributed by atoms with van der Waals surface area (Å²) in [5, 5.41) is 0. The molecular weight excluding hydrogens is 754 g/mol. The topological polar surface area (TPSA) is 103 Å². The maximum Gasteiger partial charge on any atom is 0.534 e. The molecule has 9 nitrogen and oxygen atoms in total. The first-order valence-corrected chi connectivity index (χ1v) is 23.4. The van der Waals surface area contributed by atoms with Crippen molar-refractivity contribution >= 4 is 18.4 Å². The van der Waals surface area contributed by atoms with Crippen molar-refractivity contribution in [2.75, 3.05) is 20.5 Å². The summed E-state index contributed by atoms with van der Waals surface area (Å²) in [6, 6.07) is 21.0. The molecule has 2 bridgehead atoms. The van der Waals surface area contributed by atoms with Gasteiger partial charge in [-0.1, -0.05) is 79.7 Å². The molecule has 0 saturated heterocycles. The molecule has 0 unspecified atom stereocenters. The van der Waals surface area contributed by atoms with E-state index in [1.807, 2.05) is 87.2 Å². The van der Waals surface area contributed by atoms with E-state index < -0.39 is 52.4 Å². The van der Waals surface area contributed by atoms with Crippen LogP contribution in [0.15, 0.2) is 101 Å². The van der Waals surface area contributed by atoms with Crippen LogP contribution in [0, 0.1) is 28.1 Å². The van der Waals surface area contributed by atoms with Gasteiger partial charge in [-0.2, -0.15) is 21.6 Å². The molecule has 0 amide bonds. The minimum Gasteiger partial charge on any atom is -0.493 e. The number of hydrogen-bond donors (Lipinski definition) is 0. The summed E-state index contributed by atoms with van der Waals surface area (Å²) in [5.41, 5.74) is -5.69. The predicted octanol–water partition coefficient (Wildman–Crippen LogP) is 9.46. The Morgan fingerprint density at radius 1 is 1.00 bits per heavy atom. The molecule has 2 aromatic carbocycles.